The summed E-state index contributed by atoms with van der Waals surface area (Å²) in [6.07, 6.45) is 1.54. The summed E-state index contributed by atoms with van der Waals surface area (Å²) >= 11 is 7.70. The minimum absolute atomic E-state index is 0.0786. The van der Waals surface area contributed by atoms with Gasteiger partial charge in [-0.3, -0.25) is 9.10 Å². The molecule has 9 heteroatoms. The van der Waals surface area contributed by atoms with Crippen molar-refractivity contribution < 1.29 is 13.2 Å². The molecule has 0 bridgehead atoms. The minimum Gasteiger partial charge on any atom is -0.271 e. The van der Waals surface area contributed by atoms with Crippen LogP contribution in [0.25, 0.3) is 0 Å². The van der Waals surface area contributed by atoms with Gasteiger partial charge in [0.25, 0.3) is 15.9 Å². The van der Waals surface area contributed by atoms with Crippen LogP contribution in [-0.2, 0) is 14.8 Å². The van der Waals surface area contributed by atoms with Gasteiger partial charge in [-0.2, -0.15) is 5.10 Å². The van der Waals surface area contributed by atoms with Crippen LogP contribution in [0.1, 0.15) is 16.0 Å². The second-order valence-electron chi connectivity index (χ2n) is 6.47. The van der Waals surface area contributed by atoms with Gasteiger partial charge in [0, 0.05) is 9.90 Å². The van der Waals surface area contributed by atoms with Gasteiger partial charge in [0.05, 0.1) is 16.8 Å². The average Bonchev–Trinajstić information content (AvgIpc) is 3.14. The molecule has 3 rings (SSSR count). The topological polar surface area (TPSA) is 78.8 Å². The van der Waals surface area contributed by atoms with Gasteiger partial charge in [-0.05, 0) is 60.7 Å². The maximum atomic E-state index is 13.3. The maximum absolute atomic E-state index is 13.3. The largest absolute Gasteiger partial charge is 0.271 e. The Morgan fingerprint density at radius 3 is 2.53 bits per heavy atom. The Morgan fingerprint density at radius 2 is 1.87 bits per heavy atom. The summed E-state index contributed by atoms with van der Waals surface area (Å²) < 4.78 is 27.7. The average molecular weight is 462 g/mol. The van der Waals surface area contributed by atoms with Crippen LogP contribution in [0, 0.1) is 13.8 Å². The zero-order valence-electron chi connectivity index (χ0n) is 16.4. The fourth-order valence-corrected chi connectivity index (χ4v) is 5.19. The van der Waals surface area contributed by atoms with E-state index in [1.807, 2.05) is 18.4 Å². The van der Waals surface area contributed by atoms with Crippen LogP contribution in [0.4, 0.5) is 5.69 Å². The molecule has 0 spiro atoms. The number of sulfonamides is 1. The number of anilines is 1. The van der Waals surface area contributed by atoms with Crippen LogP contribution >= 0.6 is 22.9 Å². The van der Waals surface area contributed by atoms with Crippen molar-refractivity contribution >= 4 is 50.8 Å². The standard InChI is InChI=1S/C21H20ClN3O3S2/c1-15-11-12-29-20(15)13-23-24-21(26)14-25(19-10-6-9-18(22)16(19)2)30(27,28)17-7-4-3-5-8-17/h3-13H,14H2,1-2H3,(H,24,26)/b23-13-. The monoisotopic (exact) mass is 461 g/mol. The third-order valence-electron chi connectivity index (χ3n) is 4.40. The van der Waals surface area contributed by atoms with E-state index in [1.54, 1.807) is 49.5 Å². The smallest absolute Gasteiger partial charge is 0.264 e. The van der Waals surface area contributed by atoms with E-state index in [1.165, 1.54) is 23.5 Å². The minimum atomic E-state index is -4.00. The summed E-state index contributed by atoms with van der Waals surface area (Å²) in [5.74, 6) is -0.570. The molecule has 3 aromatic rings. The highest BCUT2D eigenvalue weighted by Crippen LogP contribution is 2.30. The highest BCUT2D eigenvalue weighted by Gasteiger charge is 2.28. The molecule has 30 heavy (non-hydrogen) atoms. The number of carbonyl (C=O) groups excluding carboxylic acids is 1. The molecule has 0 aliphatic heterocycles. The number of nitrogens with zero attached hydrogens (tertiary/aromatic N) is 2. The van der Waals surface area contributed by atoms with Gasteiger partial charge < -0.3 is 0 Å². The van der Waals surface area contributed by atoms with Crippen molar-refractivity contribution in [1.82, 2.24) is 5.43 Å². The molecule has 0 aliphatic rings. The molecule has 156 valence electrons. The molecule has 0 atom stereocenters. The van der Waals surface area contributed by atoms with E-state index >= 15 is 0 Å². The summed E-state index contributed by atoms with van der Waals surface area (Å²) in [4.78, 5) is 13.5. The summed E-state index contributed by atoms with van der Waals surface area (Å²) in [5, 5.41) is 6.29. The summed E-state index contributed by atoms with van der Waals surface area (Å²) in [6, 6.07) is 14.8. The van der Waals surface area contributed by atoms with Crippen LogP contribution in [0.2, 0.25) is 5.02 Å². The number of amides is 1. The molecule has 1 heterocycles. The SMILES string of the molecule is Cc1ccsc1/C=N\NC(=O)CN(c1cccc(Cl)c1C)S(=O)(=O)c1ccccc1. The highest BCUT2D eigenvalue weighted by atomic mass is 35.5. The quantitative estimate of drug-likeness (QED) is 0.419. The van der Waals surface area contributed by atoms with Crippen LogP contribution in [0.5, 0.6) is 0 Å². The lowest BCUT2D eigenvalue weighted by Gasteiger charge is -2.25. The number of hydrogen-bond acceptors (Lipinski definition) is 5. The number of halogens is 1. The molecule has 0 saturated heterocycles. The Kier molecular flexibility index (Phi) is 6.91. The Bertz CT molecular complexity index is 1180. The van der Waals surface area contributed by atoms with Gasteiger partial charge in [0.1, 0.15) is 6.54 Å². The molecular formula is C21H20ClN3O3S2. The number of benzene rings is 2. The van der Waals surface area contributed by atoms with E-state index in [4.69, 9.17) is 11.6 Å². The highest BCUT2D eigenvalue weighted by molar-refractivity contribution is 7.92. The van der Waals surface area contributed by atoms with E-state index in [-0.39, 0.29) is 4.90 Å². The molecule has 0 unspecified atom stereocenters. The van der Waals surface area contributed by atoms with Crippen molar-refractivity contribution in [3.8, 4) is 0 Å². The van der Waals surface area contributed by atoms with E-state index in [9.17, 15) is 13.2 Å². The van der Waals surface area contributed by atoms with Gasteiger partial charge in [-0.25, -0.2) is 13.8 Å². The first kappa shape index (κ1) is 22.0. The van der Waals surface area contributed by atoms with Crippen molar-refractivity contribution in [2.45, 2.75) is 18.7 Å². The zero-order chi connectivity index (χ0) is 21.7. The van der Waals surface area contributed by atoms with E-state index in [0.29, 0.717) is 16.3 Å². The molecule has 0 saturated carbocycles. The molecule has 0 fully saturated rings. The Morgan fingerprint density at radius 1 is 1.13 bits per heavy atom. The lowest BCUT2D eigenvalue weighted by Crippen LogP contribution is -2.40. The Balaban J connectivity index is 1.90. The number of hydrazone groups is 1. The lowest BCUT2D eigenvalue weighted by molar-refractivity contribution is -0.119. The predicted octanol–water partition coefficient (Wildman–Crippen LogP) is 4.36. The van der Waals surface area contributed by atoms with Crippen molar-refractivity contribution in [2.24, 2.45) is 5.10 Å². The summed E-state index contributed by atoms with van der Waals surface area (Å²) in [7, 11) is -4.00. The van der Waals surface area contributed by atoms with Crippen molar-refractivity contribution in [1.29, 1.82) is 0 Å². The molecule has 1 aromatic heterocycles. The van der Waals surface area contributed by atoms with Gasteiger partial charge >= 0.3 is 0 Å². The first-order chi connectivity index (χ1) is 14.3. The first-order valence-corrected chi connectivity index (χ1v) is 11.7. The molecule has 0 radical (unpaired) electrons. The molecule has 2 aromatic carbocycles. The van der Waals surface area contributed by atoms with Gasteiger partial charge in [0.2, 0.25) is 0 Å². The Hall–Kier alpha value is -2.68. The number of carbonyl (C=O) groups is 1. The number of nitrogens with one attached hydrogen (secondary N) is 1. The molecule has 6 nitrogen and oxygen atoms in total. The number of thiophene rings is 1. The molecular weight excluding hydrogens is 442 g/mol. The Labute approximate surface area is 184 Å². The van der Waals surface area contributed by atoms with Crippen LogP contribution in [0.3, 0.4) is 0 Å². The van der Waals surface area contributed by atoms with Crippen LogP contribution in [-0.4, -0.2) is 27.1 Å². The van der Waals surface area contributed by atoms with Crippen molar-refractivity contribution in [2.75, 3.05) is 10.8 Å². The summed E-state index contributed by atoms with van der Waals surface area (Å²) in [6.45, 7) is 3.20. The second kappa shape index (κ2) is 9.42. The maximum Gasteiger partial charge on any atom is 0.264 e. The van der Waals surface area contributed by atoms with Gasteiger partial charge in [0.15, 0.2) is 0 Å². The molecule has 1 amide bonds. The van der Waals surface area contributed by atoms with E-state index in [0.717, 1.165) is 14.7 Å². The van der Waals surface area contributed by atoms with Crippen molar-refractivity contribution in [3.63, 3.8) is 0 Å². The van der Waals surface area contributed by atoms with E-state index < -0.39 is 22.5 Å². The fourth-order valence-electron chi connectivity index (χ4n) is 2.73. The predicted molar refractivity (Wildman–Crippen MR) is 122 cm³/mol. The first-order valence-electron chi connectivity index (χ1n) is 8.99. The fraction of sp³-hybridized carbons (Fsp3) is 0.143. The molecule has 1 N–H and O–H groups in total. The number of rotatable bonds is 7. The molecule has 0 aliphatic carbocycles. The number of aryl methyl sites for hydroxylation is 1. The van der Waals surface area contributed by atoms with E-state index in [2.05, 4.69) is 10.5 Å². The number of hydrogen-bond donors (Lipinski definition) is 1. The lowest BCUT2D eigenvalue weighted by atomic mass is 10.2. The normalized spacial score (nSPS) is 11.6. The van der Waals surface area contributed by atoms with Crippen molar-refractivity contribution in [3.05, 3.63) is 81.0 Å². The van der Waals surface area contributed by atoms with Crippen LogP contribution in [0.15, 0.2) is 70.0 Å². The second-order valence-corrected chi connectivity index (χ2v) is 9.69. The zero-order valence-corrected chi connectivity index (χ0v) is 18.8. The third kappa shape index (κ3) is 4.89. The van der Waals surface area contributed by atoms with Gasteiger partial charge in [-0.15, -0.1) is 11.3 Å². The summed E-state index contributed by atoms with van der Waals surface area (Å²) in [5.41, 5.74) is 4.34. The van der Waals surface area contributed by atoms with Crippen LogP contribution < -0.4 is 9.73 Å². The van der Waals surface area contributed by atoms with Gasteiger partial charge in [-0.1, -0.05) is 35.9 Å². The third-order valence-corrected chi connectivity index (χ3v) is 7.54.